The van der Waals surface area contributed by atoms with E-state index in [1.807, 2.05) is 24.3 Å². The second kappa shape index (κ2) is 6.44. The lowest BCUT2D eigenvalue weighted by Crippen LogP contribution is -2.19. The van der Waals surface area contributed by atoms with Crippen LogP contribution in [0.15, 0.2) is 48.5 Å². The van der Waals surface area contributed by atoms with Crippen molar-refractivity contribution < 1.29 is 4.79 Å². The van der Waals surface area contributed by atoms with Gasteiger partial charge in [-0.25, -0.2) is 0 Å². The summed E-state index contributed by atoms with van der Waals surface area (Å²) < 4.78 is 0. The number of benzene rings is 2. The molecule has 3 rings (SSSR count). The molecule has 0 aromatic heterocycles. The highest BCUT2D eigenvalue weighted by Crippen LogP contribution is 2.40. The quantitative estimate of drug-likeness (QED) is 0.870. The van der Waals surface area contributed by atoms with Gasteiger partial charge in [0.1, 0.15) is 0 Å². The van der Waals surface area contributed by atoms with Crippen LogP contribution in [0.1, 0.15) is 41.6 Å². The number of anilines is 1. The van der Waals surface area contributed by atoms with Crippen molar-refractivity contribution >= 4 is 23.2 Å². The fraction of sp³-hybridized carbons (Fsp3) is 0.263. The fourth-order valence-electron chi connectivity index (χ4n) is 3.12. The number of halogens is 1. The van der Waals surface area contributed by atoms with Crippen LogP contribution < -0.4 is 5.32 Å². The van der Waals surface area contributed by atoms with E-state index in [-0.39, 0.29) is 11.3 Å². The number of carbonyl (C=O) groups excluding carboxylic acids is 1. The number of amides is 1. The maximum atomic E-state index is 12.2. The standard InChI is InChI=1S/C19H17ClN2O/c20-16-7-3-14(4-8-16)18(23)22-17-9-5-15(6-10-17)19(13-21)11-1-2-12-19/h3-10H,1-2,11-12H2,(H,22,23). The third-order valence-corrected chi connectivity index (χ3v) is 4.72. The summed E-state index contributed by atoms with van der Waals surface area (Å²) in [6, 6.07) is 16.9. The Kier molecular flexibility index (Phi) is 4.36. The summed E-state index contributed by atoms with van der Waals surface area (Å²) in [5.41, 5.74) is 1.98. The Bertz CT molecular complexity index is 738. The molecule has 3 nitrogen and oxygen atoms in total. The van der Waals surface area contributed by atoms with Crippen molar-refractivity contribution in [3.05, 3.63) is 64.7 Å². The second-order valence-electron chi connectivity index (χ2n) is 5.94. The van der Waals surface area contributed by atoms with Gasteiger partial charge in [-0.05, 0) is 54.8 Å². The van der Waals surface area contributed by atoms with Gasteiger partial charge in [0.2, 0.25) is 0 Å². The number of hydrogen-bond acceptors (Lipinski definition) is 2. The number of nitriles is 1. The van der Waals surface area contributed by atoms with Crippen molar-refractivity contribution in [1.29, 1.82) is 5.26 Å². The summed E-state index contributed by atoms with van der Waals surface area (Å²) in [4.78, 5) is 12.2. The van der Waals surface area contributed by atoms with E-state index >= 15 is 0 Å². The molecule has 0 heterocycles. The highest BCUT2D eigenvalue weighted by atomic mass is 35.5. The van der Waals surface area contributed by atoms with Gasteiger partial charge in [-0.3, -0.25) is 4.79 Å². The Balaban J connectivity index is 1.74. The van der Waals surface area contributed by atoms with Crippen LogP contribution in [-0.4, -0.2) is 5.91 Å². The highest BCUT2D eigenvalue weighted by molar-refractivity contribution is 6.30. The lowest BCUT2D eigenvalue weighted by molar-refractivity contribution is 0.102. The molecule has 0 aliphatic heterocycles. The molecule has 1 amide bonds. The highest BCUT2D eigenvalue weighted by Gasteiger charge is 2.35. The van der Waals surface area contributed by atoms with Crippen molar-refractivity contribution in [2.45, 2.75) is 31.1 Å². The van der Waals surface area contributed by atoms with Gasteiger partial charge in [-0.1, -0.05) is 36.6 Å². The van der Waals surface area contributed by atoms with E-state index < -0.39 is 0 Å². The summed E-state index contributed by atoms with van der Waals surface area (Å²) >= 11 is 5.82. The van der Waals surface area contributed by atoms with Crippen LogP contribution in [0.4, 0.5) is 5.69 Å². The van der Waals surface area contributed by atoms with Gasteiger partial charge < -0.3 is 5.32 Å². The first-order valence-electron chi connectivity index (χ1n) is 7.72. The number of nitrogens with one attached hydrogen (secondary N) is 1. The molecule has 23 heavy (non-hydrogen) atoms. The van der Waals surface area contributed by atoms with Crippen LogP contribution >= 0.6 is 11.6 Å². The van der Waals surface area contributed by atoms with Crippen molar-refractivity contribution in [3.63, 3.8) is 0 Å². The first kappa shape index (κ1) is 15.6. The van der Waals surface area contributed by atoms with Crippen molar-refractivity contribution in [3.8, 4) is 6.07 Å². The molecule has 2 aromatic carbocycles. The third kappa shape index (κ3) is 3.23. The SMILES string of the molecule is N#CC1(c2ccc(NC(=O)c3ccc(Cl)cc3)cc2)CCCC1. The van der Waals surface area contributed by atoms with Gasteiger partial charge in [0, 0.05) is 16.3 Å². The summed E-state index contributed by atoms with van der Waals surface area (Å²) in [5, 5.41) is 13.0. The molecule has 116 valence electrons. The van der Waals surface area contributed by atoms with Gasteiger partial charge >= 0.3 is 0 Å². The summed E-state index contributed by atoms with van der Waals surface area (Å²) in [5.74, 6) is -0.176. The average molecular weight is 325 g/mol. The van der Waals surface area contributed by atoms with Crippen LogP contribution in [0, 0.1) is 11.3 Å². The molecule has 1 fully saturated rings. The molecule has 0 radical (unpaired) electrons. The average Bonchev–Trinajstić information content (AvgIpc) is 3.06. The molecule has 0 saturated heterocycles. The molecule has 1 aliphatic rings. The van der Waals surface area contributed by atoms with E-state index in [1.54, 1.807) is 24.3 Å². The van der Waals surface area contributed by atoms with Gasteiger partial charge in [0.25, 0.3) is 5.91 Å². The van der Waals surface area contributed by atoms with Crippen LogP contribution in [-0.2, 0) is 5.41 Å². The zero-order valence-corrected chi connectivity index (χ0v) is 13.4. The van der Waals surface area contributed by atoms with E-state index in [2.05, 4.69) is 11.4 Å². The smallest absolute Gasteiger partial charge is 0.255 e. The first-order chi connectivity index (χ1) is 11.1. The van der Waals surface area contributed by atoms with Gasteiger partial charge in [-0.2, -0.15) is 5.26 Å². The molecule has 0 unspecified atom stereocenters. The largest absolute Gasteiger partial charge is 0.322 e. The normalized spacial score (nSPS) is 15.8. The van der Waals surface area contributed by atoms with Gasteiger partial charge in [0.05, 0.1) is 11.5 Å². The Labute approximate surface area is 140 Å². The van der Waals surface area contributed by atoms with Crippen LogP contribution in [0.25, 0.3) is 0 Å². The van der Waals surface area contributed by atoms with E-state index in [0.717, 1.165) is 36.9 Å². The second-order valence-corrected chi connectivity index (χ2v) is 6.38. The summed E-state index contributed by atoms with van der Waals surface area (Å²) in [6.07, 6.45) is 4.03. The maximum absolute atomic E-state index is 12.2. The Morgan fingerprint density at radius 1 is 1.04 bits per heavy atom. The van der Waals surface area contributed by atoms with Crippen LogP contribution in [0.2, 0.25) is 5.02 Å². The first-order valence-corrected chi connectivity index (χ1v) is 8.09. The molecule has 0 atom stereocenters. The maximum Gasteiger partial charge on any atom is 0.255 e. The van der Waals surface area contributed by atoms with Crippen molar-refractivity contribution in [1.82, 2.24) is 0 Å². The van der Waals surface area contributed by atoms with E-state index in [9.17, 15) is 10.1 Å². The van der Waals surface area contributed by atoms with Gasteiger partial charge in [0.15, 0.2) is 0 Å². The number of carbonyl (C=O) groups is 1. The zero-order valence-electron chi connectivity index (χ0n) is 12.7. The van der Waals surface area contributed by atoms with Crippen LogP contribution in [0.3, 0.4) is 0 Å². The van der Waals surface area contributed by atoms with E-state index in [0.29, 0.717) is 10.6 Å². The minimum absolute atomic E-state index is 0.176. The molecule has 0 spiro atoms. The number of rotatable bonds is 3. The van der Waals surface area contributed by atoms with Gasteiger partial charge in [-0.15, -0.1) is 0 Å². The monoisotopic (exact) mass is 324 g/mol. The lowest BCUT2D eigenvalue weighted by atomic mass is 9.80. The molecule has 1 saturated carbocycles. The lowest BCUT2D eigenvalue weighted by Gasteiger charge is -2.20. The molecule has 0 bridgehead atoms. The Hall–Kier alpha value is -2.31. The predicted molar refractivity (Wildman–Crippen MR) is 91.6 cm³/mol. The molecular weight excluding hydrogens is 308 g/mol. The summed E-state index contributed by atoms with van der Waals surface area (Å²) in [7, 11) is 0. The minimum Gasteiger partial charge on any atom is -0.322 e. The number of nitrogens with zero attached hydrogens (tertiary/aromatic N) is 1. The number of hydrogen-bond donors (Lipinski definition) is 1. The zero-order chi connectivity index (χ0) is 16.3. The molecule has 1 aliphatic carbocycles. The molecular formula is C19H17ClN2O. The molecule has 2 aromatic rings. The molecule has 4 heteroatoms. The predicted octanol–water partition coefficient (Wildman–Crippen LogP) is 4.93. The summed E-state index contributed by atoms with van der Waals surface area (Å²) in [6.45, 7) is 0. The Morgan fingerprint density at radius 3 is 2.22 bits per heavy atom. The van der Waals surface area contributed by atoms with Crippen LogP contribution in [0.5, 0.6) is 0 Å². The topological polar surface area (TPSA) is 52.9 Å². The van der Waals surface area contributed by atoms with Crippen molar-refractivity contribution in [2.75, 3.05) is 5.32 Å². The third-order valence-electron chi connectivity index (χ3n) is 4.47. The fourth-order valence-corrected chi connectivity index (χ4v) is 3.25. The minimum atomic E-state index is -0.348. The van der Waals surface area contributed by atoms with E-state index in [4.69, 9.17) is 11.6 Å². The Morgan fingerprint density at radius 2 is 1.65 bits per heavy atom. The molecule has 1 N–H and O–H groups in total. The van der Waals surface area contributed by atoms with E-state index in [1.165, 1.54) is 0 Å². The van der Waals surface area contributed by atoms with Crippen molar-refractivity contribution in [2.24, 2.45) is 0 Å².